The third kappa shape index (κ3) is 5.75. The van der Waals surface area contributed by atoms with Gasteiger partial charge in [0.15, 0.2) is 0 Å². The largest absolute Gasteiger partial charge is 0.326 e. The number of nitrogens with zero attached hydrogens (tertiary/aromatic N) is 1. The molecule has 0 unspecified atom stereocenters. The Balaban J connectivity index is 2.53. The molecule has 0 aliphatic rings. The normalized spacial score (nSPS) is 12.2. The monoisotopic (exact) mass is 262 g/mol. The van der Waals surface area contributed by atoms with Crippen molar-refractivity contribution < 1.29 is 0 Å². The fourth-order valence-electron chi connectivity index (χ4n) is 2.37. The van der Waals surface area contributed by atoms with Crippen LogP contribution in [-0.2, 0) is 6.54 Å². The second-order valence-corrected chi connectivity index (χ2v) is 6.69. The molecule has 0 aliphatic carbocycles. The third-order valence-electron chi connectivity index (χ3n) is 3.75. The zero-order chi connectivity index (χ0) is 14.6. The van der Waals surface area contributed by atoms with Crippen molar-refractivity contribution in [1.82, 2.24) is 4.90 Å². The molecule has 2 heteroatoms. The summed E-state index contributed by atoms with van der Waals surface area (Å²) < 4.78 is 0. The van der Waals surface area contributed by atoms with E-state index in [0.717, 1.165) is 25.9 Å². The van der Waals surface area contributed by atoms with E-state index >= 15 is 0 Å². The highest BCUT2D eigenvalue weighted by Gasteiger charge is 2.11. The minimum Gasteiger partial charge on any atom is -0.326 e. The zero-order valence-corrected chi connectivity index (χ0v) is 13.5. The molecule has 0 bridgehead atoms. The van der Waals surface area contributed by atoms with Gasteiger partial charge in [0, 0.05) is 12.1 Å². The molecular weight excluding hydrogens is 232 g/mol. The van der Waals surface area contributed by atoms with Crippen molar-refractivity contribution in [2.24, 2.45) is 5.73 Å². The van der Waals surface area contributed by atoms with Gasteiger partial charge in [-0.2, -0.15) is 0 Å². The van der Waals surface area contributed by atoms with E-state index in [2.05, 4.69) is 58.7 Å². The fraction of sp³-hybridized carbons (Fsp3) is 0.647. The zero-order valence-electron chi connectivity index (χ0n) is 13.5. The van der Waals surface area contributed by atoms with Crippen LogP contribution in [0, 0.1) is 20.8 Å². The van der Waals surface area contributed by atoms with Crippen molar-refractivity contribution >= 4 is 0 Å². The minimum atomic E-state index is -0.0444. The van der Waals surface area contributed by atoms with E-state index in [4.69, 9.17) is 5.73 Å². The van der Waals surface area contributed by atoms with E-state index in [-0.39, 0.29) is 5.54 Å². The molecule has 0 aliphatic heterocycles. The van der Waals surface area contributed by atoms with Crippen LogP contribution >= 0.6 is 0 Å². The first-order chi connectivity index (χ1) is 8.69. The van der Waals surface area contributed by atoms with E-state index in [9.17, 15) is 0 Å². The van der Waals surface area contributed by atoms with Crippen molar-refractivity contribution in [2.75, 3.05) is 13.6 Å². The second kappa shape index (κ2) is 6.53. The standard InChI is InChI=1S/C17H30N2/c1-13-10-15(3)16(11-14(13)2)12-19(6)9-7-8-17(4,5)18/h10-11H,7-9,12,18H2,1-6H3. The van der Waals surface area contributed by atoms with Crippen LogP contribution in [0.1, 0.15) is 48.9 Å². The molecule has 0 atom stereocenters. The molecule has 0 heterocycles. The van der Waals surface area contributed by atoms with Gasteiger partial charge in [0.1, 0.15) is 0 Å². The second-order valence-electron chi connectivity index (χ2n) is 6.69. The molecule has 1 aromatic rings. The first-order valence-electron chi connectivity index (χ1n) is 7.23. The number of hydrogen-bond donors (Lipinski definition) is 1. The Bertz CT molecular complexity index is 416. The average Bonchev–Trinajstić information content (AvgIpc) is 2.24. The highest BCUT2D eigenvalue weighted by atomic mass is 15.1. The van der Waals surface area contributed by atoms with E-state index in [0.29, 0.717) is 0 Å². The Morgan fingerprint density at radius 2 is 1.63 bits per heavy atom. The quantitative estimate of drug-likeness (QED) is 0.849. The molecule has 0 aromatic heterocycles. The summed E-state index contributed by atoms with van der Waals surface area (Å²) in [5.41, 5.74) is 11.6. The maximum atomic E-state index is 6.02. The lowest BCUT2D eigenvalue weighted by atomic mass is 9.99. The van der Waals surface area contributed by atoms with Gasteiger partial charge >= 0.3 is 0 Å². The van der Waals surface area contributed by atoms with Crippen molar-refractivity contribution in [3.05, 3.63) is 34.4 Å². The van der Waals surface area contributed by atoms with Crippen molar-refractivity contribution in [1.29, 1.82) is 0 Å². The predicted octanol–water partition coefficient (Wildman–Crippen LogP) is 3.56. The summed E-state index contributed by atoms with van der Waals surface area (Å²) >= 11 is 0. The summed E-state index contributed by atoms with van der Waals surface area (Å²) in [6.45, 7) is 12.9. The smallest absolute Gasteiger partial charge is 0.0233 e. The lowest BCUT2D eigenvalue weighted by Gasteiger charge is -2.22. The van der Waals surface area contributed by atoms with Crippen LogP contribution in [0.15, 0.2) is 12.1 Å². The molecule has 2 N–H and O–H groups in total. The molecule has 0 saturated carbocycles. The van der Waals surface area contributed by atoms with E-state index in [1.807, 2.05) is 0 Å². The first kappa shape index (κ1) is 16.2. The summed E-state index contributed by atoms with van der Waals surface area (Å²) in [5.74, 6) is 0. The summed E-state index contributed by atoms with van der Waals surface area (Å²) in [5, 5.41) is 0. The van der Waals surface area contributed by atoms with Gasteiger partial charge in [-0.25, -0.2) is 0 Å². The van der Waals surface area contributed by atoms with Crippen molar-refractivity contribution in [3.8, 4) is 0 Å². The number of nitrogens with two attached hydrogens (primary N) is 1. The summed E-state index contributed by atoms with van der Waals surface area (Å²) in [7, 11) is 2.19. The molecule has 19 heavy (non-hydrogen) atoms. The van der Waals surface area contributed by atoms with Crippen LogP contribution in [0.5, 0.6) is 0 Å². The van der Waals surface area contributed by atoms with Gasteiger partial charge in [-0.3, -0.25) is 0 Å². The highest BCUT2D eigenvalue weighted by Crippen LogP contribution is 2.17. The van der Waals surface area contributed by atoms with Crippen molar-refractivity contribution in [2.45, 2.75) is 59.5 Å². The van der Waals surface area contributed by atoms with Gasteiger partial charge in [0.2, 0.25) is 0 Å². The number of benzene rings is 1. The van der Waals surface area contributed by atoms with Gasteiger partial charge in [0.25, 0.3) is 0 Å². The van der Waals surface area contributed by atoms with Crippen molar-refractivity contribution in [3.63, 3.8) is 0 Å². The molecule has 108 valence electrons. The molecule has 1 rings (SSSR count). The molecule has 0 saturated heterocycles. The minimum absolute atomic E-state index is 0.0444. The predicted molar refractivity (Wildman–Crippen MR) is 84.5 cm³/mol. The Hall–Kier alpha value is -0.860. The van der Waals surface area contributed by atoms with Crippen LogP contribution in [-0.4, -0.2) is 24.0 Å². The van der Waals surface area contributed by atoms with Crippen LogP contribution in [0.4, 0.5) is 0 Å². The molecular formula is C17H30N2. The topological polar surface area (TPSA) is 29.3 Å². The Kier molecular flexibility index (Phi) is 5.57. The van der Waals surface area contributed by atoms with E-state index < -0.39 is 0 Å². The maximum absolute atomic E-state index is 6.02. The van der Waals surface area contributed by atoms with E-state index in [1.54, 1.807) is 0 Å². The first-order valence-corrected chi connectivity index (χ1v) is 7.23. The van der Waals surface area contributed by atoms with Gasteiger partial charge in [0.05, 0.1) is 0 Å². The summed E-state index contributed by atoms with van der Waals surface area (Å²) in [4.78, 5) is 2.39. The summed E-state index contributed by atoms with van der Waals surface area (Å²) in [6, 6.07) is 4.62. The lowest BCUT2D eigenvalue weighted by Crippen LogP contribution is -2.33. The molecule has 2 nitrogen and oxygen atoms in total. The van der Waals surface area contributed by atoms with Crippen LogP contribution in [0.3, 0.4) is 0 Å². The Labute approximate surface area is 119 Å². The molecule has 0 spiro atoms. The lowest BCUT2D eigenvalue weighted by molar-refractivity contribution is 0.302. The van der Waals surface area contributed by atoms with Crippen LogP contribution in [0.25, 0.3) is 0 Å². The SMILES string of the molecule is Cc1cc(C)c(CN(C)CCCC(C)(C)N)cc1C. The van der Waals surface area contributed by atoms with E-state index in [1.165, 1.54) is 22.3 Å². The van der Waals surface area contributed by atoms with Crippen LogP contribution in [0.2, 0.25) is 0 Å². The van der Waals surface area contributed by atoms with Gasteiger partial charge in [-0.15, -0.1) is 0 Å². The molecule has 0 radical (unpaired) electrons. The highest BCUT2D eigenvalue weighted by molar-refractivity contribution is 5.36. The Morgan fingerprint density at radius 3 is 2.21 bits per heavy atom. The molecule has 1 aromatic carbocycles. The number of aryl methyl sites for hydroxylation is 3. The Morgan fingerprint density at radius 1 is 1.05 bits per heavy atom. The average molecular weight is 262 g/mol. The van der Waals surface area contributed by atoms with Gasteiger partial charge in [-0.1, -0.05) is 12.1 Å². The number of rotatable bonds is 6. The molecule has 0 amide bonds. The van der Waals surface area contributed by atoms with Crippen LogP contribution < -0.4 is 5.73 Å². The van der Waals surface area contributed by atoms with Gasteiger partial charge in [-0.05, 0) is 83.3 Å². The maximum Gasteiger partial charge on any atom is 0.0233 e. The van der Waals surface area contributed by atoms with Gasteiger partial charge < -0.3 is 10.6 Å². The third-order valence-corrected chi connectivity index (χ3v) is 3.75. The number of hydrogen-bond acceptors (Lipinski definition) is 2. The summed E-state index contributed by atoms with van der Waals surface area (Å²) in [6.07, 6.45) is 2.23. The fourth-order valence-corrected chi connectivity index (χ4v) is 2.37. The molecule has 0 fully saturated rings.